The van der Waals surface area contributed by atoms with E-state index in [0.29, 0.717) is 11.5 Å². The summed E-state index contributed by atoms with van der Waals surface area (Å²) >= 11 is 0. The third kappa shape index (κ3) is 1.63. The zero-order chi connectivity index (χ0) is 9.14. The third-order valence-corrected chi connectivity index (χ3v) is 1.30. The Hall–Kier alpha value is -1.78. The van der Waals surface area contributed by atoms with Gasteiger partial charge in [0.05, 0.1) is 6.20 Å². The van der Waals surface area contributed by atoms with Crippen molar-refractivity contribution in [3.8, 4) is 0 Å². The Labute approximate surface area is 69.9 Å². The van der Waals surface area contributed by atoms with Gasteiger partial charge in [0, 0.05) is 7.05 Å². The lowest BCUT2D eigenvalue weighted by molar-refractivity contribution is -0.111. The van der Waals surface area contributed by atoms with Crippen molar-refractivity contribution in [1.29, 1.82) is 0 Å². The van der Waals surface area contributed by atoms with Gasteiger partial charge in [-0.3, -0.25) is 9.48 Å². The van der Waals surface area contributed by atoms with Crippen molar-refractivity contribution in [2.24, 2.45) is 7.05 Å². The Balaban J connectivity index is 2.81. The lowest BCUT2D eigenvalue weighted by atomic mass is 10.5. The number of nitrogen functional groups attached to an aromatic ring is 1. The summed E-state index contributed by atoms with van der Waals surface area (Å²) in [6.07, 6.45) is 2.79. The van der Waals surface area contributed by atoms with Gasteiger partial charge in [0.2, 0.25) is 5.91 Å². The number of carbonyl (C=O) groups is 1. The second kappa shape index (κ2) is 3.08. The van der Waals surface area contributed by atoms with Crippen LogP contribution in [0.4, 0.5) is 11.5 Å². The predicted octanol–water partition coefficient (Wildman–Crippen LogP) is 0.127. The lowest BCUT2D eigenvalue weighted by Crippen LogP contribution is -2.07. The van der Waals surface area contributed by atoms with Gasteiger partial charge in [0.1, 0.15) is 5.69 Å². The lowest BCUT2D eigenvalue weighted by Gasteiger charge is -1.96. The molecule has 0 atom stereocenters. The van der Waals surface area contributed by atoms with E-state index in [1.54, 1.807) is 13.2 Å². The van der Waals surface area contributed by atoms with Gasteiger partial charge in [0.15, 0.2) is 5.82 Å². The Morgan fingerprint density at radius 3 is 3.00 bits per heavy atom. The Morgan fingerprint density at radius 1 is 1.92 bits per heavy atom. The first-order valence-electron chi connectivity index (χ1n) is 3.36. The van der Waals surface area contributed by atoms with Crippen LogP contribution in [-0.2, 0) is 11.8 Å². The zero-order valence-corrected chi connectivity index (χ0v) is 6.74. The third-order valence-electron chi connectivity index (χ3n) is 1.30. The maximum absolute atomic E-state index is 10.8. The summed E-state index contributed by atoms with van der Waals surface area (Å²) in [5, 5.41) is 6.36. The molecular weight excluding hydrogens is 156 g/mol. The molecule has 1 aromatic rings. The highest BCUT2D eigenvalue weighted by atomic mass is 16.1. The number of anilines is 2. The maximum Gasteiger partial charge on any atom is 0.247 e. The van der Waals surface area contributed by atoms with Crippen LogP contribution < -0.4 is 11.1 Å². The minimum Gasteiger partial charge on any atom is -0.380 e. The Kier molecular flexibility index (Phi) is 2.14. The molecule has 0 fully saturated rings. The van der Waals surface area contributed by atoms with E-state index in [-0.39, 0.29) is 5.91 Å². The summed E-state index contributed by atoms with van der Waals surface area (Å²) in [4.78, 5) is 10.8. The van der Waals surface area contributed by atoms with Crippen molar-refractivity contribution in [3.05, 3.63) is 18.9 Å². The molecule has 0 spiro atoms. The molecule has 3 N–H and O–H groups in total. The molecular formula is C7H10N4O. The number of aryl methyl sites for hydroxylation is 1. The molecule has 0 bridgehead atoms. The second-order valence-electron chi connectivity index (χ2n) is 2.30. The maximum atomic E-state index is 10.8. The molecule has 1 rings (SSSR count). The van der Waals surface area contributed by atoms with Gasteiger partial charge in [-0.15, -0.1) is 0 Å². The monoisotopic (exact) mass is 166 g/mol. The number of nitrogens with two attached hydrogens (primary N) is 1. The van der Waals surface area contributed by atoms with Crippen molar-refractivity contribution in [3.63, 3.8) is 0 Å². The van der Waals surface area contributed by atoms with E-state index < -0.39 is 0 Å². The molecule has 5 nitrogen and oxygen atoms in total. The number of aromatic nitrogens is 2. The fourth-order valence-corrected chi connectivity index (χ4v) is 0.786. The van der Waals surface area contributed by atoms with E-state index in [0.717, 1.165) is 0 Å². The number of hydrogen-bond acceptors (Lipinski definition) is 3. The van der Waals surface area contributed by atoms with Crippen molar-refractivity contribution >= 4 is 17.4 Å². The van der Waals surface area contributed by atoms with Crippen LogP contribution in [0.2, 0.25) is 0 Å². The van der Waals surface area contributed by atoms with E-state index in [2.05, 4.69) is 17.0 Å². The fourth-order valence-electron chi connectivity index (χ4n) is 0.786. The van der Waals surface area contributed by atoms with Crippen LogP contribution in [0.15, 0.2) is 18.9 Å². The first-order valence-corrected chi connectivity index (χ1v) is 3.36. The average Bonchev–Trinajstić information content (AvgIpc) is 2.30. The van der Waals surface area contributed by atoms with Gasteiger partial charge in [-0.2, -0.15) is 5.10 Å². The van der Waals surface area contributed by atoms with Crippen LogP contribution in [0.5, 0.6) is 0 Å². The van der Waals surface area contributed by atoms with Crippen LogP contribution in [-0.4, -0.2) is 15.7 Å². The number of nitrogens with zero attached hydrogens (tertiary/aromatic N) is 2. The van der Waals surface area contributed by atoms with Gasteiger partial charge in [0.25, 0.3) is 0 Å². The standard InChI is InChI=1S/C7H10N4O/c1-3-6(12)9-5-4-11(2)10-7(5)8/h3-4H,1H2,2H3,(H2,8,10)(H,9,12). The number of nitrogens with one attached hydrogen (secondary N) is 1. The van der Waals surface area contributed by atoms with Crippen molar-refractivity contribution < 1.29 is 4.79 Å². The summed E-state index contributed by atoms with van der Waals surface area (Å²) in [5.41, 5.74) is 5.97. The highest BCUT2D eigenvalue weighted by Crippen LogP contribution is 2.14. The van der Waals surface area contributed by atoms with E-state index in [1.807, 2.05) is 0 Å². The summed E-state index contributed by atoms with van der Waals surface area (Å²) < 4.78 is 1.52. The Bertz CT molecular complexity index is 315. The van der Waals surface area contributed by atoms with Gasteiger partial charge in [-0.05, 0) is 6.08 Å². The van der Waals surface area contributed by atoms with Crippen LogP contribution >= 0.6 is 0 Å². The molecule has 1 heterocycles. The molecule has 0 aliphatic heterocycles. The topological polar surface area (TPSA) is 72.9 Å². The van der Waals surface area contributed by atoms with Gasteiger partial charge in [-0.25, -0.2) is 0 Å². The van der Waals surface area contributed by atoms with Crippen molar-refractivity contribution in [1.82, 2.24) is 9.78 Å². The molecule has 1 aromatic heterocycles. The first-order chi connectivity index (χ1) is 5.63. The summed E-state index contributed by atoms with van der Waals surface area (Å²) in [6.45, 7) is 3.31. The largest absolute Gasteiger partial charge is 0.380 e. The summed E-state index contributed by atoms with van der Waals surface area (Å²) in [7, 11) is 1.72. The predicted molar refractivity (Wildman–Crippen MR) is 46.4 cm³/mol. The molecule has 0 aromatic carbocycles. The molecule has 0 saturated heterocycles. The normalized spacial score (nSPS) is 9.42. The smallest absolute Gasteiger partial charge is 0.247 e. The Morgan fingerprint density at radius 2 is 2.58 bits per heavy atom. The highest BCUT2D eigenvalue weighted by molar-refractivity contribution is 6.00. The van der Waals surface area contributed by atoms with Gasteiger partial charge in [-0.1, -0.05) is 6.58 Å². The molecule has 0 radical (unpaired) electrons. The molecule has 1 amide bonds. The van der Waals surface area contributed by atoms with Gasteiger partial charge < -0.3 is 11.1 Å². The first kappa shape index (κ1) is 8.32. The molecule has 0 aliphatic rings. The summed E-state index contributed by atoms with van der Waals surface area (Å²) in [6, 6.07) is 0. The molecule has 0 aliphatic carbocycles. The van der Waals surface area contributed by atoms with Gasteiger partial charge >= 0.3 is 0 Å². The average molecular weight is 166 g/mol. The second-order valence-corrected chi connectivity index (χ2v) is 2.30. The quantitative estimate of drug-likeness (QED) is 0.613. The molecule has 0 saturated carbocycles. The SMILES string of the molecule is C=CC(=O)Nc1cn(C)nc1N. The zero-order valence-electron chi connectivity index (χ0n) is 6.74. The highest BCUT2D eigenvalue weighted by Gasteiger charge is 2.04. The number of hydrogen-bond donors (Lipinski definition) is 2. The molecule has 0 unspecified atom stereocenters. The van der Waals surface area contributed by atoms with Crippen LogP contribution in [0.3, 0.4) is 0 Å². The summed E-state index contributed by atoms with van der Waals surface area (Å²) in [5.74, 6) is 0.00222. The van der Waals surface area contributed by atoms with Crippen molar-refractivity contribution in [2.75, 3.05) is 11.1 Å². The van der Waals surface area contributed by atoms with Crippen LogP contribution in [0.1, 0.15) is 0 Å². The minimum atomic E-state index is -0.297. The van der Waals surface area contributed by atoms with Crippen LogP contribution in [0.25, 0.3) is 0 Å². The number of carbonyl (C=O) groups excluding carboxylic acids is 1. The molecule has 12 heavy (non-hydrogen) atoms. The van der Waals surface area contributed by atoms with E-state index >= 15 is 0 Å². The minimum absolute atomic E-state index is 0.297. The molecule has 64 valence electrons. The van der Waals surface area contributed by atoms with Crippen molar-refractivity contribution in [2.45, 2.75) is 0 Å². The number of rotatable bonds is 2. The van der Waals surface area contributed by atoms with E-state index in [9.17, 15) is 4.79 Å². The fraction of sp³-hybridized carbons (Fsp3) is 0.143. The molecule has 5 heteroatoms. The van der Waals surface area contributed by atoms with E-state index in [4.69, 9.17) is 5.73 Å². The number of amides is 1. The van der Waals surface area contributed by atoms with E-state index in [1.165, 1.54) is 10.8 Å². The van der Waals surface area contributed by atoms with Crippen LogP contribution in [0, 0.1) is 0 Å².